The zero-order chi connectivity index (χ0) is 12.8. The number of halogens is 4. The molecule has 17 heavy (non-hydrogen) atoms. The second-order valence-electron chi connectivity index (χ2n) is 4.16. The summed E-state index contributed by atoms with van der Waals surface area (Å²) in [6.45, 7) is 1.76. The minimum atomic E-state index is -4.48. The van der Waals surface area contributed by atoms with Gasteiger partial charge in [-0.05, 0) is 18.7 Å². The van der Waals surface area contributed by atoms with E-state index in [0.29, 0.717) is 10.2 Å². The minimum absolute atomic E-state index is 0.188. The van der Waals surface area contributed by atoms with Crippen LogP contribution in [0, 0.1) is 0 Å². The van der Waals surface area contributed by atoms with Crippen LogP contribution in [0.25, 0.3) is 0 Å². The van der Waals surface area contributed by atoms with Crippen LogP contribution in [-0.2, 0) is 4.79 Å². The first-order valence-corrected chi connectivity index (χ1v) is 7.32. The fraction of sp³-hybridized carbons (Fsp3) is 0.667. The number of carbonyl (C=O) groups excluding carboxylic acids is 1. The highest BCUT2D eigenvalue weighted by atomic mass is 127. The molecule has 0 aliphatic carbocycles. The predicted octanol–water partition coefficient (Wildman–Crippen LogP) is 2.23. The summed E-state index contributed by atoms with van der Waals surface area (Å²) >= 11 is 3.27. The Kier molecular flexibility index (Phi) is 3.30. The van der Waals surface area contributed by atoms with Crippen molar-refractivity contribution in [3.8, 4) is 0 Å². The number of nitrogens with zero attached hydrogens (tertiary/aromatic N) is 2. The summed E-state index contributed by atoms with van der Waals surface area (Å²) in [6, 6.07) is 0. The third-order valence-corrected chi connectivity index (χ3v) is 5.61. The zero-order valence-corrected chi connectivity index (χ0v) is 11.8. The number of rotatable bonds is 1. The van der Waals surface area contributed by atoms with E-state index in [9.17, 15) is 18.0 Å². The Morgan fingerprint density at radius 1 is 1.59 bits per heavy atom. The molecule has 0 aromatic heterocycles. The van der Waals surface area contributed by atoms with Crippen molar-refractivity contribution >= 4 is 51.1 Å². The Morgan fingerprint density at radius 3 is 2.76 bits per heavy atom. The topological polar surface area (TPSA) is 32.4 Å². The second-order valence-corrected chi connectivity index (χ2v) is 5.87. The van der Waals surface area contributed by atoms with Crippen LogP contribution in [0.4, 0.5) is 13.2 Å². The van der Waals surface area contributed by atoms with E-state index in [1.54, 1.807) is 6.92 Å². The van der Waals surface area contributed by atoms with E-state index in [0.717, 1.165) is 0 Å². The van der Waals surface area contributed by atoms with Gasteiger partial charge < -0.3 is 0 Å². The van der Waals surface area contributed by atoms with Gasteiger partial charge in [0.05, 0.1) is 0 Å². The number of aliphatic imine (C=N–C) groups is 1. The van der Waals surface area contributed by atoms with Crippen LogP contribution in [-0.4, -0.2) is 43.3 Å². The maximum absolute atomic E-state index is 12.9. The highest BCUT2D eigenvalue weighted by molar-refractivity contribution is 14.1. The lowest BCUT2D eigenvalue weighted by molar-refractivity contribution is -0.486. The first kappa shape index (κ1) is 13.3. The van der Waals surface area contributed by atoms with Gasteiger partial charge in [0.15, 0.2) is 5.71 Å². The Bertz CT molecular complexity index is 446. The second kappa shape index (κ2) is 4.22. The van der Waals surface area contributed by atoms with Crippen LogP contribution in [0.2, 0.25) is 0 Å². The minimum Gasteiger partial charge on any atom is -0.242 e. The van der Waals surface area contributed by atoms with Crippen molar-refractivity contribution in [2.75, 3.05) is 10.2 Å². The molecule has 0 aromatic rings. The molecule has 0 aromatic carbocycles. The third-order valence-electron chi connectivity index (χ3n) is 2.67. The molecular formula is C9H9F3IN2OS+. The first-order valence-electron chi connectivity index (χ1n) is 4.81. The molecule has 1 amide bonds. The van der Waals surface area contributed by atoms with E-state index in [4.69, 9.17) is 0 Å². The molecule has 0 radical (unpaired) electrons. The van der Waals surface area contributed by atoms with Crippen molar-refractivity contribution in [2.24, 2.45) is 4.99 Å². The van der Waals surface area contributed by atoms with Gasteiger partial charge in [-0.25, -0.2) is 9.37 Å². The summed E-state index contributed by atoms with van der Waals surface area (Å²) < 4.78 is 40.6. The summed E-state index contributed by atoms with van der Waals surface area (Å²) in [4.78, 5) is 14.9. The maximum atomic E-state index is 12.9. The molecule has 0 spiro atoms. The SMILES string of the molecule is CC1(CI)CSC2=NC(=O)CC(C(F)(F)F)=[N+]21. The number of carbonyl (C=O) groups is 1. The van der Waals surface area contributed by atoms with Gasteiger partial charge in [-0.15, -0.1) is 0 Å². The number of thioether (sulfide) groups is 1. The average Bonchev–Trinajstić information content (AvgIpc) is 2.55. The van der Waals surface area contributed by atoms with Gasteiger partial charge in [0, 0.05) is 15.2 Å². The Morgan fingerprint density at radius 2 is 2.24 bits per heavy atom. The van der Waals surface area contributed by atoms with Crippen LogP contribution in [0.15, 0.2) is 4.99 Å². The highest BCUT2D eigenvalue weighted by Crippen LogP contribution is 2.36. The normalized spacial score (nSPS) is 29.5. The van der Waals surface area contributed by atoms with Crippen molar-refractivity contribution in [2.45, 2.75) is 25.1 Å². The Hall–Kier alpha value is -0.120. The smallest absolute Gasteiger partial charge is 0.242 e. The van der Waals surface area contributed by atoms with Crippen molar-refractivity contribution in [1.29, 1.82) is 0 Å². The van der Waals surface area contributed by atoms with Gasteiger partial charge in [-0.2, -0.15) is 13.2 Å². The molecule has 1 fully saturated rings. The lowest BCUT2D eigenvalue weighted by Gasteiger charge is -2.24. The molecule has 0 saturated carbocycles. The predicted molar refractivity (Wildman–Crippen MR) is 68.1 cm³/mol. The largest absolute Gasteiger partial charge is 0.449 e. The summed E-state index contributed by atoms with van der Waals surface area (Å²) in [7, 11) is 0. The van der Waals surface area contributed by atoms with Crippen LogP contribution in [0.1, 0.15) is 13.3 Å². The van der Waals surface area contributed by atoms with Crippen molar-refractivity contribution in [3.63, 3.8) is 0 Å². The van der Waals surface area contributed by atoms with Gasteiger partial charge in [0.25, 0.3) is 0 Å². The monoisotopic (exact) mass is 377 g/mol. The van der Waals surface area contributed by atoms with Crippen molar-refractivity contribution in [3.05, 3.63) is 0 Å². The molecule has 8 heteroatoms. The van der Waals surface area contributed by atoms with E-state index in [-0.39, 0.29) is 5.17 Å². The van der Waals surface area contributed by atoms with Gasteiger partial charge >= 0.3 is 17.3 Å². The number of fused-ring (bicyclic) bond motifs is 1. The molecule has 2 aliphatic rings. The number of hydrogen-bond acceptors (Lipinski definition) is 2. The van der Waals surface area contributed by atoms with E-state index in [1.165, 1.54) is 16.3 Å². The maximum Gasteiger partial charge on any atom is 0.449 e. The third kappa shape index (κ3) is 2.25. The Balaban J connectivity index is 2.60. The van der Waals surface area contributed by atoms with Crippen LogP contribution in [0.5, 0.6) is 0 Å². The average molecular weight is 377 g/mol. The molecule has 1 saturated heterocycles. The summed E-state index contributed by atoms with van der Waals surface area (Å²) in [5.41, 5.74) is -1.40. The van der Waals surface area contributed by atoms with Gasteiger partial charge in [-0.1, -0.05) is 22.6 Å². The fourth-order valence-electron chi connectivity index (χ4n) is 1.80. The van der Waals surface area contributed by atoms with Gasteiger partial charge in [0.1, 0.15) is 12.0 Å². The molecule has 1 unspecified atom stereocenters. The zero-order valence-electron chi connectivity index (χ0n) is 8.84. The summed E-state index contributed by atoms with van der Waals surface area (Å²) in [5.74, 6) is -0.199. The lowest BCUT2D eigenvalue weighted by Crippen LogP contribution is -2.49. The van der Waals surface area contributed by atoms with E-state index < -0.39 is 29.8 Å². The van der Waals surface area contributed by atoms with Gasteiger partial charge in [0.2, 0.25) is 0 Å². The first-order chi connectivity index (χ1) is 7.78. The van der Waals surface area contributed by atoms with E-state index in [1.807, 2.05) is 0 Å². The molecule has 0 N–H and O–H groups in total. The number of hydrogen-bond donors (Lipinski definition) is 0. The lowest BCUT2D eigenvalue weighted by atomic mass is 10.1. The van der Waals surface area contributed by atoms with Crippen molar-refractivity contribution in [1.82, 2.24) is 0 Å². The highest BCUT2D eigenvalue weighted by Gasteiger charge is 2.55. The van der Waals surface area contributed by atoms with Crippen LogP contribution >= 0.6 is 34.4 Å². The Labute approximate surface area is 114 Å². The number of amides is 1. The van der Waals surface area contributed by atoms with Crippen molar-refractivity contribution < 1.29 is 22.5 Å². The molecule has 2 aliphatic heterocycles. The summed E-state index contributed by atoms with van der Waals surface area (Å²) in [6.07, 6.45) is -5.13. The molecule has 0 bridgehead atoms. The molecule has 3 nitrogen and oxygen atoms in total. The molecule has 2 rings (SSSR count). The fourth-order valence-corrected chi connectivity index (χ4v) is 4.07. The molecule has 2 heterocycles. The van der Waals surface area contributed by atoms with E-state index >= 15 is 0 Å². The van der Waals surface area contributed by atoms with Crippen LogP contribution in [0.3, 0.4) is 0 Å². The number of amidine groups is 1. The molecule has 1 atom stereocenters. The number of alkyl halides is 4. The molecule has 94 valence electrons. The van der Waals surface area contributed by atoms with E-state index in [2.05, 4.69) is 27.6 Å². The quantitative estimate of drug-likeness (QED) is 0.399. The van der Waals surface area contributed by atoms with Crippen LogP contribution < -0.4 is 0 Å². The summed E-state index contributed by atoms with van der Waals surface area (Å²) in [5, 5.41) is 0.188. The standard InChI is InChI=1S/C9H9F3IN2OS/c1-8(3-13)4-17-7-14-6(16)2-5(15(7)8)9(10,11)12/h2-4H2,1H3/q+1. The van der Waals surface area contributed by atoms with Gasteiger partial charge in [-0.3, -0.25) is 0 Å². The molecular weight excluding hydrogens is 368 g/mol.